The van der Waals surface area contributed by atoms with Gasteiger partial charge in [-0.1, -0.05) is 5.11 Å². The molecule has 4 unspecified atom stereocenters. The summed E-state index contributed by atoms with van der Waals surface area (Å²) in [7, 11) is 0. The highest BCUT2D eigenvalue weighted by Crippen LogP contribution is 2.28. The van der Waals surface area contributed by atoms with Crippen molar-refractivity contribution in [2.75, 3.05) is 0 Å². The normalized spacial score (nSPS) is 28.0. The van der Waals surface area contributed by atoms with Gasteiger partial charge in [-0.15, -0.1) is 0 Å². The van der Waals surface area contributed by atoms with Crippen molar-refractivity contribution in [2.45, 2.75) is 57.9 Å². The van der Waals surface area contributed by atoms with Gasteiger partial charge in [0.1, 0.15) is 18.2 Å². The van der Waals surface area contributed by atoms with Crippen molar-refractivity contribution in [3.8, 4) is 0 Å². The molecule has 0 radical (unpaired) electrons. The highest BCUT2D eigenvalue weighted by atomic mass is 16.6. The first-order chi connectivity index (χ1) is 9.85. The monoisotopic (exact) mass is 298 g/mol. The third-order valence-corrected chi connectivity index (χ3v) is 3.07. The largest absolute Gasteiger partial charge is 0.462 e. The van der Waals surface area contributed by atoms with Gasteiger partial charge in [0, 0.05) is 25.7 Å². The Kier molecular flexibility index (Phi) is 5.98. The summed E-state index contributed by atoms with van der Waals surface area (Å²) in [5.74, 6) is -1.38. The molecule has 1 amide bonds. The van der Waals surface area contributed by atoms with E-state index in [1.54, 1.807) is 0 Å². The number of esters is 2. The van der Waals surface area contributed by atoms with E-state index < -0.39 is 36.2 Å². The fourth-order valence-corrected chi connectivity index (χ4v) is 2.43. The summed E-state index contributed by atoms with van der Waals surface area (Å²) >= 11 is 0. The summed E-state index contributed by atoms with van der Waals surface area (Å²) in [4.78, 5) is 36.3. The van der Waals surface area contributed by atoms with E-state index in [4.69, 9.17) is 15.0 Å². The summed E-state index contributed by atoms with van der Waals surface area (Å²) in [5, 5.41) is 6.24. The van der Waals surface area contributed by atoms with Crippen LogP contribution in [0.5, 0.6) is 0 Å². The molecule has 0 aromatic heterocycles. The third-order valence-electron chi connectivity index (χ3n) is 3.07. The molecule has 1 rings (SSSR count). The van der Waals surface area contributed by atoms with Gasteiger partial charge in [-0.2, -0.15) is 0 Å². The number of nitrogens with zero attached hydrogens (tertiary/aromatic N) is 3. The Morgan fingerprint density at radius 3 is 2.24 bits per heavy atom. The van der Waals surface area contributed by atoms with Crippen LogP contribution in [0.25, 0.3) is 10.4 Å². The van der Waals surface area contributed by atoms with Crippen LogP contribution in [0.4, 0.5) is 0 Å². The van der Waals surface area contributed by atoms with Gasteiger partial charge in [-0.25, -0.2) is 0 Å². The number of nitrogens with one attached hydrogen (secondary N) is 1. The average Bonchev–Trinajstić information content (AvgIpc) is 2.34. The van der Waals surface area contributed by atoms with Crippen molar-refractivity contribution in [3.05, 3.63) is 10.4 Å². The van der Waals surface area contributed by atoms with Crippen molar-refractivity contribution in [3.63, 3.8) is 0 Å². The van der Waals surface area contributed by atoms with Crippen LogP contribution in [0.15, 0.2) is 5.11 Å². The number of rotatable bonds is 4. The van der Waals surface area contributed by atoms with E-state index in [1.807, 2.05) is 0 Å². The highest BCUT2D eigenvalue weighted by Gasteiger charge is 2.43. The zero-order chi connectivity index (χ0) is 16.0. The second kappa shape index (κ2) is 7.49. The van der Waals surface area contributed by atoms with Gasteiger partial charge in [0.2, 0.25) is 5.91 Å². The Hall–Kier alpha value is -2.28. The van der Waals surface area contributed by atoms with E-state index in [1.165, 1.54) is 20.8 Å². The van der Waals surface area contributed by atoms with E-state index in [0.717, 1.165) is 0 Å². The molecular formula is C12H18N4O5. The number of carbonyl (C=O) groups excluding carboxylic acids is 3. The van der Waals surface area contributed by atoms with Crippen molar-refractivity contribution < 1.29 is 23.9 Å². The molecule has 0 aromatic rings. The Balaban J connectivity index is 3.03. The molecule has 116 valence electrons. The number of azide groups is 1. The summed E-state index contributed by atoms with van der Waals surface area (Å²) in [5.41, 5.74) is 8.68. The van der Waals surface area contributed by atoms with Gasteiger partial charge in [0.25, 0.3) is 0 Å². The van der Waals surface area contributed by atoms with Gasteiger partial charge in [-0.05, 0) is 18.4 Å². The van der Waals surface area contributed by atoms with Gasteiger partial charge >= 0.3 is 11.9 Å². The summed E-state index contributed by atoms with van der Waals surface area (Å²) in [6.45, 7) is 3.80. The molecule has 0 aliphatic heterocycles. The van der Waals surface area contributed by atoms with E-state index in [0.29, 0.717) is 12.8 Å². The average molecular weight is 298 g/mol. The van der Waals surface area contributed by atoms with Crippen LogP contribution < -0.4 is 5.32 Å². The van der Waals surface area contributed by atoms with Crippen molar-refractivity contribution in [1.29, 1.82) is 0 Å². The second-order valence-corrected chi connectivity index (χ2v) is 4.80. The number of carbonyl (C=O) groups is 3. The lowest BCUT2D eigenvalue weighted by Gasteiger charge is -2.39. The number of hydrogen-bond acceptors (Lipinski definition) is 6. The third kappa shape index (κ3) is 4.96. The van der Waals surface area contributed by atoms with Crippen molar-refractivity contribution in [1.82, 2.24) is 5.32 Å². The molecule has 0 heterocycles. The topological polar surface area (TPSA) is 130 Å². The molecule has 0 saturated heterocycles. The molecule has 9 heteroatoms. The number of amides is 1. The predicted octanol–water partition coefficient (Wildman–Crippen LogP) is 0.827. The molecule has 0 spiro atoms. The smallest absolute Gasteiger partial charge is 0.302 e. The number of ether oxygens (including phenoxy) is 2. The highest BCUT2D eigenvalue weighted by molar-refractivity contribution is 5.73. The van der Waals surface area contributed by atoms with E-state index in [9.17, 15) is 14.4 Å². The molecule has 1 saturated carbocycles. The first-order valence-electron chi connectivity index (χ1n) is 6.51. The Bertz CT molecular complexity index is 474. The lowest BCUT2D eigenvalue weighted by molar-refractivity contribution is -0.161. The molecule has 9 nitrogen and oxygen atoms in total. The van der Waals surface area contributed by atoms with Gasteiger partial charge < -0.3 is 14.8 Å². The van der Waals surface area contributed by atoms with Crippen molar-refractivity contribution >= 4 is 17.8 Å². The van der Waals surface area contributed by atoms with Crippen LogP contribution in [0.2, 0.25) is 0 Å². The Labute approximate surface area is 121 Å². The maximum Gasteiger partial charge on any atom is 0.302 e. The summed E-state index contributed by atoms with van der Waals surface area (Å²) in [6.07, 6.45) is -0.730. The molecule has 4 atom stereocenters. The molecule has 1 aliphatic rings. The van der Waals surface area contributed by atoms with Crippen molar-refractivity contribution in [2.24, 2.45) is 5.11 Å². The number of hydrogen-bond donors (Lipinski definition) is 1. The quantitative estimate of drug-likeness (QED) is 0.355. The van der Waals surface area contributed by atoms with Gasteiger partial charge in [-0.3, -0.25) is 14.4 Å². The second-order valence-electron chi connectivity index (χ2n) is 4.80. The molecule has 0 aromatic carbocycles. The predicted molar refractivity (Wildman–Crippen MR) is 70.9 cm³/mol. The van der Waals surface area contributed by atoms with E-state index >= 15 is 0 Å². The van der Waals surface area contributed by atoms with Crippen LogP contribution in [-0.4, -0.2) is 42.1 Å². The molecule has 1 aliphatic carbocycles. The first kappa shape index (κ1) is 16.8. The standard InChI is InChI=1S/C12H18N4O5/c1-6(17)14-9-4-5-10(20-7(2)18)11(15-16-13)12(9)21-8(3)19/h9-12H,4-5H2,1-3H3,(H,14,17). The maximum absolute atomic E-state index is 11.2. The summed E-state index contributed by atoms with van der Waals surface area (Å²) in [6, 6.07) is -1.37. The zero-order valence-corrected chi connectivity index (χ0v) is 12.1. The minimum Gasteiger partial charge on any atom is -0.462 e. The molecular weight excluding hydrogens is 280 g/mol. The van der Waals surface area contributed by atoms with Crippen LogP contribution in [0.3, 0.4) is 0 Å². The minimum absolute atomic E-state index is 0.289. The maximum atomic E-state index is 11.2. The minimum atomic E-state index is -0.881. The van der Waals surface area contributed by atoms with Crippen LogP contribution in [-0.2, 0) is 23.9 Å². The lowest BCUT2D eigenvalue weighted by atomic mass is 9.85. The first-order valence-corrected chi connectivity index (χ1v) is 6.51. The SMILES string of the molecule is CC(=O)NC1CCC(OC(C)=O)C(N=[N+]=[N-])C1OC(C)=O. The lowest BCUT2D eigenvalue weighted by Crippen LogP contribution is -2.57. The van der Waals surface area contributed by atoms with E-state index in [2.05, 4.69) is 15.3 Å². The van der Waals surface area contributed by atoms with Crippen LogP contribution in [0.1, 0.15) is 33.6 Å². The van der Waals surface area contributed by atoms with E-state index in [-0.39, 0.29) is 5.91 Å². The van der Waals surface area contributed by atoms with Crippen LogP contribution >= 0.6 is 0 Å². The molecule has 1 N–H and O–H groups in total. The Morgan fingerprint density at radius 2 is 1.76 bits per heavy atom. The fraction of sp³-hybridized carbons (Fsp3) is 0.750. The van der Waals surface area contributed by atoms with Gasteiger partial charge in [0.05, 0.1) is 6.04 Å². The molecule has 1 fully saturated rings. The summed E-state index contributed by atoms with van der Waals surface area (Å²) < 4.78 is 10.3. The van der Waals surface area contributed by atoms with Crippen LogP contribution in [0, 0.1) is 0 Å². The molecule has 0 bridgehead atoms. The molecule has 21 heavy (non-hydrogen) atoms. The van der Waals surface area contributed by atoms with Gasteiger partial charge in [0.15, 0.2) is 0 Å². The Morgan fingerprint density at radius 1 is 1.14 bits per heavy atom. The fourth-order valence-electron chi connectivity index (χ4n) is 2.43. The zero-order valence-electron chi connectivity index (χ0n) is 12.1.